The number of rotatable bonds is 7. The van der Waals surface area contributed by atoms with E-state index in [1.165, 1.54) is 19.2 Å². The van der Waals surface area contributed by atoms with E-state index < -0.39 is 16.1 Å². The lowest BCUT2D eigenvalue weighted by Gasteiger charge is -2.18. The number of halogens is 3. The van der Waals surface area contributed by atoms with E-state index in [-0.39, 0.29) is 17.2 Å². The predicted molar refractivity (Wildman–Crippen MR) is 143 cm³/mol. The maximum Gasteiger partial charge on any atom is 0.328 e. The number of aromatic nitrogens is 2. The first-order valence-corrected chi connectivity index (χ1v) is 14.0. The van der Waals surface area contributed by atoms with E-state index in [1.807, 2.05) is 27.7 Å². The van der Waals surface area contributed by atoms with Crippen LogP contribution in [0, 0.1) is 0 Å². The van der Waals surface area contributed by atoms with Gasteiger partial charge in [-0.15, -0.1) is 0 Å². The first kappa shape index (κ1) is 26.5. The molecule has 2 N–H and O–H groups in total. The first-order chi connectivity index (χ1) is 17.2. The van der Waals surface area contributed by atoms with E-state index in [9.17, 15) is 13.2 Å². The lowest BCUT2D eigenvalue weighted by Crippen LogP contribution is -2.39. The fourth-order valence-corrected chi connectivity index (χ4v) is 6.14. The van der Waals surface area contributed by atoms with Gasteiger partial charge in [0, 0.05) is 21.1 Å². The molecule has 0 spiro atoms. The second-order valence-electron chi connectivity index (χ2n) is 8.11. The predicted octanol–water partition coefficient (Wildman–Crippen LogP) is 5.42. The average molecular weight is 614 g/mol. The molecule has 0 aliphatic heterocycles. The normalized spacial score (nSPS) is 14.4. The van der Waals surface area contributed by atoms with Crippen LogP contribution >= 0.6 is 39.1 Å². The highest BCUT2D eigenvalue weighted by molar-refractivity contribution is 9.10. The second-order valence-corrected chi connectivity index (χ2v) is 11.5. The number of urea groups is 1. The number of amides is 2. The summed E-state index contributed by atoms with van der Waals surface area (Å²) in [6.07, 6.45) is 6.40. The lowest BCUT2D eigenvalue weighted by molar-refractivity contribution is 0.247. The van der Waals surface area contributed by atoms with E-state index in [2.05, 4.69) is 26.3 Å². The molecule has 0 atom stereocenters. The summed E-state index contributed by atoms with van der Waals surface area (Å²) in [6.45, 7) is 0.613. The number of allylic oxidation sites excluding steroid dienone is 1. The third kappa shape index (κ3) is 6.05. The third-order valence-corrected chi connectivity index (χ3v) is 8.13. The Morgan fingerprint density at radius 3 is 2.78 bits per heavy atom. The molecule has 0 bridgehead atoms. The molecule has 36 heavy (non-hydrogen) atoms. The standard InChI is InChI=1S/C24H23BrCl2N4O4S/c1-35-21-8-6-18(25)11-22(21)36(33,34)30-24(32)28-10-9-15-3-2-4-16-13-29-31(23(15)16)14-17-5-7-19(26)12-20(17)27/h5-9,11-13H,2-4,10,14H2,1H3,(H2,28,30,32). The van der Waals surface area contributed by atoms with Crippen LogP contribution in [0.2, 0.25) is 10.0 Å². The Hall–Kier alpha value is -2.53. The molecular formula is C24H23BrCl2N4O4S. The number of hydrogen-bond acceptors (Lipinski definition) is 5. The molecule has 1 aliphatic rings. The number of nitrogens with zero attached hydrogens (tertiary/aromatic N) is 2. The number of carbonyl (C=O) groups is 1. The molecule has 2 amide bonds. The van der Waals surface area contributed by atoms with Gasteiger partial charge in [0.15, 0.2) is 0 Å². The van der Waals surface area contributed by atoms with Gasteiger partial charge in [0.05, 0.1) is 25.5 Å². The van der Waals surface area contributed by atoms with Gasteiger partial charge in [0.2, 0.25) is 0 Å². The molecule has 12 heteroatoms. The van der Waals surface area contributed by atoms with Crippen molar-refractivity contribution in [1.29, 1.82) is 0 Å². The summed E-state index contributed by atoms with van der Waals surface area (Å²) in [7, 11) is -2.78. The molecule has 4 rings (SSSR count). The van der Waals surface area contributed by atoms with Gasteiger partial charge in [0.25, 0.3) is 10.0 Å². The van der Waals surface area contributed by atoms with Gasteiger partial charge in [0.1, 0.15) is 10.6 Å². The Kier molecular flexibility index (Phi) is 8.29. The smallest absolute Gasteiger partial charge is 0.328 e. The van der Waals surface area contributed by atoms with E-state index in [4.69, 9.17) is 27.9 Å². The Morgan fingerprint density at radius 1 is 1.22 bits per heavy atom. The van der Waals surface area contributed by atoms with Crippen molar-refractivity contribution in [2.75, 3.05) is 13.7 Å². The number of aryl methyl sites for hydroxylation is 1. The van der Waals surface area contributed by atoms with Crippen LogP contribution in [-0.4, -0.2) is 37.9 Å². The van der Waals surface area contributed by atoms with Gasteiger partial charge < -0.3 is 10.1 Å². The van der Waals surface area contributed by atoms with Gasteiger partial charge in [-0.05, 0) is 66.3 Å². The molecule has 1 heterocycles. The van der Waals surface area contributed by atoms with Gasteiger partial charge in [-0.2, -0.15) is 5.10 Å². The number of methoxy groups -OCH3 is 1. The topological polar surface area (TPSA) is 102 Å². The van der Waals surface area contributed by atoms with Crippen molar-refractivity contribution in [1.82, 2.24) is 19.8 Å². The van der Waals surface area contributed by atoms with Crippen molar-refractivity contribution in [2.24, 2.45) is 0 Å². The minimum absolute atomic E-state index is 0.129. The Balaban J connectivity index is 1.46. The summed E-state index contributed by atoms with van der Waals surface area (Å²) < 4.78 is 35.0. The van der Waals surface area contributed by atoms with Crippen molar-refractivity contribution in [3.05, 3.63) is 80.0 Å². The van der Waals surface area contributed by atoms with Crippen molar-refractivity contribution >= 4 is 60.8 Å². The zero-order valence-corrected chi connectivity index (χ0v) is 23.1. The van der Waals surface area contributed by atoms with Gasteiger partial charge in [-0.3, -0.25) is 4.68 Å². The highest BCUT2D eigenvalue weighted by Gasteiger charge is 2.23. The zero-order chi connectivity index (χ0) is 25.9. The van der Waals surface area contributed by atoms with Crippen molar-refractivity contribution < 1.29 is 17.9 Å². The number of hydrogen-bond donors (Lipinski definition) is 2. The van der Waals surface area contributed by atoms with Crippen LogP contribution in [-0.2, 0) is 23.0 Å². The number of nitrogens with one attached hydrogen (secondary N) is 2. The maximum absolute atomic E-state index is 12.7. The number of carbonyl (C=O) groups excluding carboxylic acids is 1. The third-order valence-electron chi connectivity index (χ3n) is 5.70. The lowest BCUT2D eigenvalue weighted by atomic mass is 9.92. The molecule has 0 unspecified atom stereocenters. The van der Waals surface area contributed by atoms with Gasteiger partial charge >= 0.3 is 6.03 Å². The monoisotopic (exact) mass is 612 g/mol. The van der Waals surface area contributed by atoms with Crippen LogP contribution in [0.5, 0.6) is 5.75 Å². The van der Waals surface area contributed by atoms with Crippen LogP contribution in [0.1, 0.15) is 29.7 Å². The SMILES string of the molecule is COc1ccc(Br)cc1S(=O)(=O)NC(=O)NCC=C1CCCc2cnn(Cc3ccc(Cl)cc3Cl)c21. The van der Waals surface area contributed by atoms with Crippen molar-refractivity contribution in [3.8, 4) is 5.75 Å². The molecule has 1 aromatic heterocycles. The molecule has 0 radical (unpaired) electrons. The van der Waals surface area contributed by atoms with Gasteiger partial charge in [-0.1, -0.05) is 51.3 Å². The van der Waals surface area contributed by atoms with E-state index >= 15 is 0 Å². The minimum atomic E-state index is -4.14. The molecule has 0 fully saturated rings. The number of benzene rings is 2. The largest absolute Gasteiger partial charge is 0.495 e. The molecule has 3 aromatic rings. The highest BCUT2D eigenvalue weighted by Crippen LogP contribution is 2.32. The maximum atomic E-state index is 12.7. The summed E-state index contributed by atoms with van der Waals surface area (Å²) in [4.78, 5) is 12.3. The molecule has 190 valence electrons. The average Bonchev–Trinajstić information content (AvgIpc) is 3.24. The van der Waals surface area contributed by atoms with Crippen LogP contribution in [0.15, 0.2) is 58.0 Å². The summed E-state index contributed by atoms with van der Waals surface area (Å²) in [5.74, 6) is 0.129. The summed E-state index contributed by atoms with van der Waals surface area (Å²) in [5.41, 5.74) is 4.02. The summed E-state index contributed by atoms with van der Waals surface area (Å²) in [6, 6.07) is 9.04. The van der Waals surface area contributed by atoms with Crippen molar-refractivity contribution in [3.63, 3.8) is 0 Å². The number of fused-ring (bicyclic) bond motifs is 1. The van der Waals surface area contributed by atoms with E-state index in [1.54, 1.807) is 18.2 Å². The Bertz CT molecular complexity index is 1440. The molecule has 8 nitrogen and oxygen atoms in total. The highest BCUT2D eigenvalue weighted by atomic mass is 79.9. The Labute approximate surface area is 227 Å². The fourth-order valence-electron chi connectivity index (χ4n) is 4.04. The Morgan fingerprint density at radius 2 is 2.03 bits per heavy atom. The van der Waals surface area contributed by atoms with Gasteiger partial charge in [-0.25, -0.2) is 17.9 Å². The van der Waals surface area contributed by atoms with Crippen LogP contribution < -0.4 is 14.8 Å². The quantitative estimate of drug-likeness (QED) is 0.371. The van der Waals surface area contributed by atoms with Crippen LogP contribution in [0.4, 0.5) is 4.79 Å². The van der Waals surface area contributed by atoms with E-state index in [0.29, 0.717) is 21.1 Å². The molecule has 1 aliphatic carbocycles. The second kappa shape index (κ2) is 11.2. The molecule has 2 aromatic carbocycles. The van der Waals surface area contributed by atoms with Crippen molar-refractivity contribution in [2.45, 2.75) is 30.7 Å². The molecule has 0 saturated heterocycles. The van der Waals surface area contributed by atoms with Crippen LogP contribution in [0.25, 0.3) is 5.57 Å². The minimum Gasteiger partial charge on any atom is -0.495 e. The fraction of sp³-hybridized carbons (Fsp3) is 0.250. The molecule has 0 saturated carbocycles. The zero-order valence-electron chi connectivity index (χ0n) is 19.2. The summed E-state index contributed by atoms with van der Waals surface area (Å²) >= 11 is 15.6. The molecular weight excluding hydrogens is 591 g/mol. The van der Waals surface area contributed by atoms with E-state index in [0.717, 1.165) is 41.7 Å². The first-order valence-electron chi connectivity index (χ1n) is 11.0. The summed E-state index contributed by atoms with van der Waals surface area (Å²) in [5, 5.41) is 8.27. The van der Waals surface area contributed by atoms with Crippen LogP contribution in [0.3, 0.4) is 0 Å². The number of ether oxygens (including phenoxy) is 1. The number of sulfonamides is 1.